The molecular formula is C44H51N5O2. The number of rotatable bonds is 9. The van der Waals surface area contributed by atoms with Crippen molar-refractivity contribution in [1.82, 2.24) is 20.2 Å². The Kier molecular flexibility index (Phi) is 8.08. The molecule has 0 radical (unpaired) electrons. The number of aromatic amines is 1. The van der Waals surface area contributed by atoms with Gasteiger partial charge in [-0.2, -0.15) is 0 Å². The van der Waals surface area contributed by atoms with E-state index in [4.69, 9.17) is 4.98 Å². The van der Waals surface area contributed by atoms with Gasteiger partial charge in [-0.05, 0) is 138 Å². The molecule has 4 aliphatic carbocycles. The zero-order valence-electron chi connectivity index (χ0n) is 30.4. The number of fused-ring (bicyclic) bond motifs is 6. The van der Waals surface area contributed by atoms with Gasteiger partial charge in [-0.25, -0.2) is 4.98 Å². The van der Waals surface area contributed by atoms with Crippen molar-refractivity contribution in [3.05, 3.63) is 82.8 Å². The van der Waals surface area contributed by atoms with Gasteiger partial charge in [0.1, 0.15) is 11.9 Å². The van der Waals surface area contributed by atoms with Crippen LogP contribution < -0.4 is 10.6 Å². The number of amides is 2. The number of hydrogen-bond acceptors (Lipinski definition) is 4. The van der Waals surface area contributed by atoms with Gasteiger partial charge in [0.05, 0.1) is 17.9 Å². The molecule has 3 aromatic carbocycles. The number of benzene rings is 3. The average Bonchev–Trinajstić information content (AvgIpc) is 4.00. The summed E-state index contributed by atoms with van der Waals surface area (Å²) in [7, 11) is 2.00. The third-order valence-corrected chi connectivity index (χ3v) is 13.4. The lowest BCUT2D eigenvalue weighted by Gasteiger charge is -2.29. The molecule has 3 N–H and O–H groups in total. The summed E-state index contributed by atoms with van der Waals surface area (Å²) in [5.41, 5.74) is 15.8. The lowest BCUT2D eigenvalue weighted by Crippen LogP contribution is -2.48. The maximum absolute atomic E-state index is 13.6. The van der Waals surface area contributed by atoms with Gasteiger partial charge in [-0.15, -0.1) is 0 Å². The van der Waals surface area contributed by atoms with E-state index in [1.165, 1.54) is 91.2 Å². The van der Waals surface area contributed by atoms with Gasteiger partial charge >= 0.3 is 0 Å². The van der Waals surface area contributed by atoms with Gasteiger partial charge in [-0.1, -0.05) is 63.1 Å². The highest BCUT2D eigenvalue weighted by molar-refractivity contribution is 5.86. The lowest BCUT2D eigenvalue weighted by atomic mass is 9.80. The van der Waals surface area contributed by atoms with Crippen LogP contribution in [0, 0.1) is 11.3 Å². The largest absolute Gasteiger partial charge is 0.388 e. The maximum atomic E-state index is 13.6. The van der Waals surface area contributed by atoms with Crippen LogP contribution in [0.3, 0.4) is 0 Å². The van der Waals surface area contributed by atoms with Gasteiger partial charge in [0, 0.05) is 24.8 Å². The topological polar surface area (TPSA) is 90.1 Å². The molecular weight excluding hydrogens is 631 g/mol. The monoisotopic (exact) mass is 681 g/mol. The standard InChI is InChI=1S/C44H51N5O2/c1-26(2)41(47-25-50)43(51)49-19-7-10-38(49)42-46-24-37(48-42)34-16-15-33(39-28-11-12-29(20-28)40(34)39)32-14-13-31(27-8-6-9-30(21-27)45-3)35-22-44(23-36(32)35)17-4-5-18-44/h6,8-9,13-16,21,24-26,28-29,38,41,45H,4-5,7,10-12,17-20,22-23H2,1-3H3,(H,46,48)(H,47,50)/t28?,29?,38-,41?/m1/s1. The first-order chi connectivity index (χ1) is 24.9. The van der Waals surface area contributed by atoms with Crippen molar-refractivity contribution in [2.75, 3.05) is 18.9 Å². The van der Waals surface area contributed by atoms with Crippen LogP contribution in [0.15, 0.2) is 54.7 Å². The third-order valence-electron chi connectivity index (χ3n) is 13.4. The van der Waals surface area contributed by atoms with Crippen LogP contribution in [0.25, 0.3) is 33.5 Å². The van der Waals surface area contributed by atoms with Crippen LogP contribution >= 0.6 is 0 Å². The fraction of sp³-hybridized carbons (Fsp3) is 0.477. The normalized spacial score (nSPS) is 23.2. The Morgan fingerprint density at radius 1 is 0.922 bits per heavy atom. The van der Waals surface area contributed by atoms with Crippen LogP contribution in [0.5, 0.6) is 0 Å². The predicted octanol–water partition coefficient (Wildman–Crippen LogP) is 8.91. The number of anilines is 1. The van der Waals surface area contributed by atoms with Crippen LogP contribution in [0.1, 0.15) is 118 Å². The summed E-state index contributed by atoms with van der Waals surface area (Å²) >= 11 is 0. The molecule has 4 atom stereocenters. The lowest BCUT2D eigenvalue weighted by molar-refractivity contribution is -0.137. The Labute approximate surface area is 302 Å². The predicted molar refractivity (Wildman–Crippen MR) is 204 cm³/mol. The van der Waals surface area contributed by atoms with E-state index in [0.29, 0.717) is 30.2 Å². The molecule has 2 saturated carbocycles. The summed E-state index contributed by atoms with van der Waals surface area (Å²) in [4.78, 5) is 35.5. The minimum Gasteiger partial charge on any atom is -0.388 e. The number of carbonyl (C=O) groups is 2. The van der Waals surface area contributed by atoms with Crippen LogP contribution in [-0.4, -0.2) is 46.8 Å². The van der Waals surface area contributed by atoms with E-state index < -0.39 is 6.04 Å². The zero-order chi connectivity index (χ0) is 34.9. The smallest absolute Gasteiger partial charge is 0.246 e. The number of hydrogen-bond donors (Lipinski definition) is 3. The van der Waals surface area contributed by atoms with Gasteiger partial charge in [-0.3, -0.25) is 9.59 Å². The highest BCUT2D eigenvalue weighted by Crippen LogP contribution is 2.60. The molecule has 1 aliphatic heterocycles. The zero-order valence-corrected chi connectivity index (χ0v) is 30.4. The van der Waals surface area contributed by atoms with E-state index in [9.17, 15) is 9.59 Å². The fourth-order valence-corrected chi connectivity index (χ4v) is 11.0. The van der Waals surface area contributed by atoms with E-state index >= 15 is 0 Å². The quantitative estimate of drug-likeness (QED) is 0.154. The SMILES string of the molecule is CNc1cccc(-c2ccc(-c3ccc(-c4cnc([C@H]5CCCN5C(=O)C(NC=O)C(C)C)[nH]4)c4c3C3CCC4C3)c3c2CC2(CCCC2)C3)c1. The van der Waals surface area contributed by atoms with Crippen molar-refractivity contribution >= 4 is 18.0 Å². The highest BCUT2D eigenvalue weighted by atomic mass is 16.2. The van der Waals surface area contributed by atoms with Gasteiger partial charge in [0.25, 0.3) is 0 Å². The van der Waals surface area contributed by atoms with Crippen LogP contribution in [0.4, 0.5) is 5.69 Å². The number of nitrogens with zero attached hydrogens (tertiary/aromatic N) is 2. The van der Waals surface area contributed by atoms with Crippen LogP contribution in [0.2, 0.25) is 0 Å². The van der Waals surface area contributed by atoms with E-state index in [2.05, 4.69) is 64.1 Å². The molecule has 4 aromatic rings. The Hall–Kier alpha value is -4.39. The summed E-state index contributed by atoms with van der Waals surface area (Å²) in [6.45, 7) is 4.64. The molecule has 2 bridgehead atoms. The number of carbonyl (C=O) groups excluding carboxylic acids is 2. The van der Waals surface area contributed by atoms with Crippen molar-refractivity contribution in [2.24, 2.45) is 11.3 Å². The van der Waals surface area contributed by atoms with Crippen LogP contribution in [-0.2, 0) is 22.4 Å². The number of nitrogens with one attached hydrogen (secondary N) is 3. The van der Waals surface area contributed by atoms with Gasteiger partial charge < -0.3 is 20.5 Å². The Balaban J connectivity index is 1.10. The molecule has 7 heteroatoms. The molecule has 1 aromatic heterocycles. The molecule has 7 nitrogen and oxygen atoms in total. The first-order valence-electron chi connectivity index (χ1n) is 19.5. The molecule has 5 aliphatic rings. The number of imidazole rings is 1. The van der Waals surface area contributed by atoms with Crippen molar-refractivity contribution in [1.29, 1.82) is 0 Å². The third kappa shape index (κ3) is 5.33. The van der Waals surface area contributed by atoms with E-state index in [-0.39, 0.29) is 17.9 Å². The summed E-state index contributed by atoms with van der Waals surface area (Å²) in [6, 6.07) is 18.0. The molecule has 51 heavy (non-hydrogen) atoms. The molecule has 9 rings (SSSR count). The summed E-state index contributed by atoms with van der Waals surface area (Å²) < 4.78 is 0. The Morgan fingerprint density at radius 3 is 2.37 bits per heavy atom. The molecule has 264 valence electrons. The number of H-pyrrole nitrogens is 1. The maximum Gasteiger partial charge on any atom is 0.246 e. The van der Waals surface area contributed by atoms with Crippen molar-refractivity contribution < 1.29 is 9.59 Å². The van der Waals surface area contributed by atoms with Gasteiger partial charge in [0.2, 0.25) is 12.3 Å². The van der Waals surface area contributed by atoms with Gasteiger partial charge in [0.15, 0.2) is 0 Å². The van der Waals surface area contributed by atoms with Crippen molar-refractivity contribution in [3.63, 3.8) is 0 Å². The minimum absolute atomic E-state index is 0.0123. The second-order valence-electron chi connectivity index (χ2n) is 16.6. The first-order valence-corrected chi connectivity index (χ1v) is 19.5. The Morgan fingerprint density at radius 2 is 1.63 bits per heavy atom. The van der Waals surface area contributed by atoms with Crippen molar-refractivity contribution in [2.45, 2.75) is 108 Å². The van der Waals surface area contributed by atoms with Crippen molar-refractivity contribution in [3.8, 4) is 33.5 Å². The number of likely N-dealkylation sites (tertiary alicyclic amines) is 1. The second kappa shape index (κ2) is 12.7. The Bertz CT molecular complexity index is 2000. The molecule has 3 unspecified atom stereocenters. The minimum atomic E-state index is -0.526. The molecule has 2 heterocycles. The molecule has 1 saturated heterocycles. The molecule has 2 amide bonds. The highest BCUT2D eigenvalue weighted by Gasteiger charge is 2.44. The first kappa shape index (κ1) is 32.5. The summed E-state index contributed by atoms with van der Waals surface area (Å²) in [6.07, 6.45) is 16.0. The number of aromatic nitrogens is 2. The second-order valence-corrected chi connectivity index (χ2v) is 16.6. The van der Waals surface area contributed by atoms with E-state index in [1.807, 2.05) is 32.0 Å². The summed E-state index contributed by atoms with van der Waals surface area (Å²) in [5, 5.41) is 6.12. The van der Waals surface area contributed by atoms with E-state index in [1.54, 1.807) is 16.7 Å². The molecule has 3 fully saturated rings. The summed E-state index contributed by atoms with van der Waals surface area (Å²) in [5.74, 6) is 2.03. The average molecular weight is 682 g/mol. The molecule has 1 spiro atoms. The fourth-order valence-electron chi connectivity index (χ4n) is 11.0. The van der Waals surface area contributed by atoms with E-state index in [0.717, 1.165) is 30.0 Å².